The number of pyridine rings is 1. The quantitative estimate of drug-likeness (QED) is 0.539. The third-order valence-electron chi connectivity index (χ3n) is 5.99. The number of carbonyl (C=O) groups is 1. The second-order valence-corrected chi connectivity index (χ2v) is 8.46. The normalized spacial score (nSPS) is 17.5. The number of nitrogens with zero attached hydrogens (tertiary/aromatic N) is 4. The summed E-state index contributed by atoms with van der Waals surface area (Å²) < 4.78 is 6.06. The molecular formula is C25H28N6O2. The van der Waals surface area contributed by atoms with E-state index >= 15 is 0 Å². The Bertz CT molecular complexity index is 1140. The summed E-state index contributed by atoms with van der Waals surface area (Å²) in [7, 11) is 1.63. The fourth-order valence-corrected chi connectivity index (χ4v) is 3.81. The van der Waals surface area contributed by atoms with Crippen molar-refractivity contribution in [2.24, 2.45) is 22.4 Å². The molecule has 2 aromatic rings. The van der Waals surface area contributed by atoms with Crippen molar-refractivity contribution in [1.82, 2.24) is 9.88 Å². The first-order valence-corrected chi connectivity index (χ1v) is 11.2. The number of carbonyl (C=O) groups excluding carboxylic acids is 1. The molecule has 0 bridgehead atoms. The smallest absolute Gasteiger partial charge is 0.253 e. The Morgan fingerprint density at radius 3 is 2.67 bits per heavy atom. The summed E-state index contributed by atoms with van der Waals surface area (Å²) in [6.07, 6.45) is 7.08. The predicted octanol–water partition coefficient (Wildman–Crippen LogP) is 2.84. The van der Waals surface area contributed by atoms with Gasteiger partial charge >= 0.3 is 0 Å². The summed E-state index contributed by atoms with van der Waals surface area (Å²) in [6.45, 7) is 1.29. The molecule has 1 saturated carbocycles. The minimum Gasteiger partial charge on any atom is -0.439 e. The summed E-state index contributed by atoms with van der Waals surface area (Å²) in [5, 5.41) is 9.38. The maximum absolute atomic E-state index is 13.0. The van der Waals surface area contributed by atoms with Crippen molar-refractivity contribution in [2.75, 3.05) is 20.1 Å². The minimum atomic E-state index is -0.0439. The Morgan fingerprint density at radius 2 is 2.00 bits per heavy atom. The summed E-state index contributed by atoms with van der Waals surface area (Å²) >= 11 is 0. The zero-order chi connectivity index (χ0) is 23.4. The number of nitrogens with two attached hydrogens (primary N) is 2. The fourth-order valence-electron chi connectivity index (χ4n) is 3.81. The molecule has 8 nitrogen and oxygen atoms in total. The number of hydrogen-bond donors (Lipinski definition) is 2. The van der Waals surface area contributed by atoms with Crippen molar-refractivity contribution < 1.29 is 9.53 Å². The summed E-state index contributed by atoms with van der Waals surface area (Å²) in [5.74, 6) is 1.12. The molecule has 0 atom stereocenters. The predicted molar refractivity (Wildman–Crippen MR) is 126 cm³/mol. The average Bonchev–Trinajstić information content (AvgIpc) is 3.69. The molecular weight excluding hydrogens is 416 g/mol. The lowest BCUT2D eigenvalue weighted by atomic mass is 10.0. The maximum Gasteiger partial charge on any atom is 0.253 e. The number of piperidine rings is 1. The third-order valence-corrected chi connectivity index (χ3v) is 5.99. The number of nitriles is 1. The standard InChI is InChI=1S/C25H28N6O2/c1-29-24(14-21(28)17-3-4-17)33-23-12-16(15-26)2-5-20(23)22-13-18(6-9-30-22)25(32)31-10-7-19(27)8-11-31/h2,5-6,9,12-14,17,19H,3-4,7-8,10-11,27-28H2,1H3. The largest absolute Gasteiger partial charge is 0.439 e. The van der Waals surface area contributed by atoms with Crippen LogP contribution < -0.4 is 16.2 Å². The van der Waals surface area contributed by atoms with Gasteiger partial charge in [-0.1, -0.05) is 0 Å². The second kappa shape index (κ2) is 9.84. The van der Waals surface area contributed by atoms with Crippen LogP contribution in [0.5, 0.6) is 5.75 Å². The average molecular weight is 445 g/mol. The van der Waals surface area contributed by atoms with Gasteiger partial charge < -0.3 is 21.1 Å². The van der Waals surface area contributed by atoms with E-state index in [-0.39, 0.29) is 11.9 Å². The van der Waals surface area contributed by atoms with Crippen LogP contribution in [-0.4, -0.2) is 47.9 Å². The molecule has 1 amide bonds. The minimum absolute atomic E-state index is 0.0439. The number of aromatic nitrogens is 1. The van der Waals surface area contributed by atoms with E-state index in [1.54, 1.807) is 49.7 Å². The molecule has 0 unspecified atom stereocenters. The van der Waals surface area contributed by atoms with Crippen LogP contribution in [0.25, 0.3) is 11.3 Å². The molecule has 2 fully saturated rings. The highest BCUT2D eigenvalue weighted by atomic mass is 16.5. The van der Waals surface area contributed by atoms with E-state index < -0.39 is 0 Å². The molecule has 0 radical (unpaired) electrons. The van der Waals surface area contributed by atoms with Crippen LogP contribution in [-0.2, 0) is 0 Å². The first kappa shape index (κ1) is 22.5. The van der Waals surface area contributed by atoms with Gasteiger partial charge in [-0.15, -0.1) is 0 Å². The fraction of sp³-hybridized carbons (Fsp3) is 0.360. The van der Waals surface area contributed by atoms with Crippen molar-refractivity contribution in [3.63, 3.8) is 0 Å². The Labute approximate surface area is 193 Å². The molecule has 1 saturated heterocycles. The lowest BCUT2D eigenvalue weighted by Gasteiger charge is -2.30. The van der Waals surface area contributed by atoms with Gasteiger partial charge in [0.05, 0.1) is 17.3 Å². The van der Waals surface area contributed by atoms with Gasteiger partial charge in [0.25, 0.3) is 5.91 Å². The van der Waals surface area contributed by atoms with E-state index in [9.17, 15) is 10.1 Å². The highest BCUT2D eigenvalue weighted by molar-refractivity contribution is 5.96. The van der Waals surface area contributed by atoms with Crippen LogP contribution in [0.2, 0.25) is 0 Å². The van der Waals surface area contributed by atoms with Gasteiger partial charge in [0.2, 0.25) is 5.90 Å². The highest BCUT2D eigenvalue weighted by Gasteiger charge is 2.25. The second-order valence-electron chi connectivity index (χ2n) is 8.46. The summed E-state index contributed by atoms with van der Waals surface area (Å²) in [6, 6.07) is 10.9. The first-order chi connectivity index (χ1) is 16.0. The van der Waals surface area contributed by atoms with Gasteiger partial charge in [-0.05, 0) is 61.9 Å². The number of hydrogen-bond acceptors (Lipinski definition) is 7. The SMILES string of the molecule is CN=C(C=C(N)C1CC1)Oc1cc(C#N)ccc1-c1cc(C(=O)N2CCC(N)CC2)ccn1. The highest BCUT2D eigenvalue weighted by Crippen LogP contribution is 2.34. The third kappa shape index (κ3) is 5.38. The zero-order valence-electron chi connectivity index (χ0n) is 18.7. The molecule has 2 aliphatic rings. The molecule has 1 aliphatic carbocycles. The molecule has 2 heterocycles. The van der Waals surface area contributed by atoms with Crippen LogP contribution >= 0.6 is 0 Å². The van der Waals surface area contributed by atoms with Crippen LogP contribution in [0.15, 0.2) is 53.3 Å². The number of benzene rings is 1. The molecule has 1 aromatic carbocycles. The molecule has 1 aliphatic heterocycles. The lowest BCUT2D eigenvalue weighted by molar-refractivity contribution is 0.0714. The molecule has 8 heteroatoms. The van der Waals surface area contributed by atoms with Crippen molar-refractivity contribution in [1.29, 1.82) is 5.26 Å². The van der Waals surface area contributed by atoms with Crippen LogP contribution in [0, 0.1) is 17.2 Å². The molecule has 0 spiro atoms. The van der Waals surface area contributed by atoms with E-state index in [1.807, 2.05) is 4.90 Å². The molecule has 170 valence electrons. The van der Waals surface area contributed by atoms with Crippen LogP contribution in [0.4, 0.5) is 0 Å². The number of likely N-dealkylation sites (tertiary alicyclic amines) is 1. The van der Waals surface area contributed by atoms with Crippen molar-refractivity contribution >= 4 is 11.8 Å². The van der Waals surface area contributed by atoms with Crippen LogP contribution in [0.1, 0.15) is 41.6 Å². The van der Waals surface area contributed by atoms with E-state index in [1.165, 1.54) is 0 Å². The van der Waals surface area contributed by atoms with Gasteiger partial charge in [0.15, 0.2) is 0 Å². The molecule has 4 N–H and O–H groups in total. The van der Waals surface area contributed by atoms with Gasteiger partial charge in [0.1, 0.15) is 5.75 Å². The van der Waals surface area contributed by atoms with Gasteiger partial charge in [-0.25, -0.2) is 0 Å². The monoisotopic (exact) mass is 444 g/mol. The van der Waals surface area contributed by atoms with E-state index in [4.69, 9.17) is 16.2 Å². The Morgan fingerprint density at radius 1 is 1.24 bits per heavy atom. The number of allylic oxidation sites excluding steroid dienone is 1. The van der Waals surface area contributed by atoms with Gasteiger partial charge in [-0.3, -0.25) is 14.8 Å². The number of rotatable bonds is 5. The Kier molecular flexibility index (Phi) is 6.71. The van der Waals surface area contributed by atoms with Crippen molar-refractivity contribution in [3.05, 3.63) is 59.4 Å². The van der Waals surface area contributed by atoms with E-state index in [0.29, 0.717) is 53.0 Å². The van der Waals surface area contributed by atoms with E-state index in [0.717, 1.165) is 31.4 Å². The first-order valence-electron chi connectivity index (χ1n) is 11.2. The maximum atomic E-state index is 13.0. The van der Waals surface area contributed by atoms with Crippen molar-refractivity contribution in [2.45, 2.75) is 31.7 Å². The lowest BCUT2D eigenvalue weighted by Crippen LogP contribution is -2.42. The zero-order valence-corrected chi connectivity index (χ0v) is 18.7. The van der Waals surface area contributed by atoms with Gasteiger partial charge in [-0.2, -0.15) is 5.26 Å². The molecule has 33 heavy (non-hydrogen) atoms. The molecule has 4 rings (SSSR count). The summed E-state index contributed by atoms with van der Waals surface area (Å²) in [4.78, 5) is 23.5. The number of ether oxygens (including phenoxy) is 1. The number of amides is 1. The Hall–Kier alpha value is -3.70. The van der Waals surface area contributed by atoms with Gasteiger partial charge in [0, 0.05) is 55.3 Å². The number of aliphatic imine (C=N–C) groups is 1. The topological polar surface area (TPSA) is 131 Å². The Balaban J connectivity index is 1.63. The van der Waals surface area contributed by atoms with Crippen molar-refractivity contribution in [3.8, 4) is 23.1 Å². The molecule has 1 aromatic heterocycles. The summed E-state index contributed by atoms with van der Waals surface area (Å²) in [5.41, 5.74) is 15.1. The van der Waals surface area contributed by atoms with Crippen LogP contribution in [0.3, 0.4) is 0 Å². The van der Waals surface area contributed by atoms with E-state index in [2.05, 4.69) is 16.0 Å².